The summed E-state index contributed by atoms with van der Waals surface area (Å²) in [6, 6.07) is 3.77. The number of thioether (sulfide) groups is 1. The maximum atomic E-state index is 13.4. The van der Waals surface area contributed by atoms with Crippen molar-refractivity contribution in [3.8, 4) is 0 Å². The molecule has 3 rings (SSSR count). The molecule has 178 valence electrons. The molecule has 1 saturated heterocycles. The second kappa shape index (κ2) is 11.3. The number of rotatable bonds is 10. The topological polar surface area (TPSA) is 66.7 Å². The Labute approximate surface area is 205 Å². The summed E-state index contributed by atoms with van der Waals surface area (Å²) in [6.07, 6.45) is 7.82. The first kappa shape index (κ1) is 25.4. The van der Waals surface area contributed by atoms with E-state index in [9.17, 15) is 9.59 Å². The number of carbonyl (C=O) groups excluding carboxylic acids is 1. The van der Waals surface area contributed by atoms with Gasteiger partial charge in [-0.15, -0.1) is 0 Å². The van der Waals surface area contributed by atoms with Crippen LogP contribution in [0.3, 0.4) is 0 Å². The summed E-state index contributed by atoms with van der Waals surface area (Å²) in [5.41, 5.74) is 1.72. The summed E-state index contributed by atoms with van der Waals surface area (Å²) < 4.78 is 2.10. The summed E-state index contributed by atoms with van der Waals surface area (Å²) in [7, 11) is 0. The molecule has 33 heavy (non-hydrogen) atoms. The van der Waals surface area contributed by atoms with Gasteiger partial charge in [-0.25, -0.2) is 4.98 Å². The Kier molecular flexibility index (Phi) is 8.70. The predicted molar refractivity (Wildman–Crippen MR) is 143 cm³/mol. The molecule has 0 radical (unpaired) electrons. The van der Waals surface area contributed by atoms with E-state index < -0.39 is 0 Å². The van der Waals surface area contributed by atoms with E-state index in [0.717, 1.165) is 31.2 Å². The van der Waals surface area contributed by atoms with Crippen LogP contribution in [0.4, 0.5) is 5.82 Å². The van der Waals surface area contributed by atoms with E-state index >= 15 is 0 Å². The van der Waals surface area contributed by atoms with Crippen molar-refractivity contribution in [3.63, 3.8) is 0 Å². The molecule has 6 nitrogen and oxygen atoms in total. The minimum Gasteiger partial charge on any atom is -0.369 e. The van der Waals surface area contributed by atoms with Crippen molar-refractivity contribution in [2.45, 2.75) is 60.3 Å². The summed E-state index contributed by atoms with van der Waals surface area (Å²) >= 11 is 6.82. The van der Waals surface area contributed by atoms with E-state index in [1.54, 1.807) is 21.6 Å². The highest BCUT2D eigenvalue weighted by atomic mass is 32.2. The average molecular weight is 487 g/mol. The molecule has 1 amide bonds. The summed E-state index contributed by atoms with van der Waals surface area (Å²) in [5, 5.41) is 3.30. The lowest BCUT2D eigenvalue weighted by Crippen LogP contribution is -2.33. The Balaban J connectivity index is 1.99. The molecule has 1 atom stereocenters. The number of nitrogens with one attached hydrogen (secondary N) is 1. The number of amides is 1. The third kappa shape index (κ3) is 6.03. The molecule has 0 spiro atoms. The summed E-state index contributed by atoms with van der Waals surface area (Å²) in [6.45, 7) is 11.8. The van der Waals surface area contributed by atoms with E-state index in [0.29, 0.717) is 51.2 Å². The van der Waals surface area contributed by atoms with Gasteiger partial charge < -0.3 is 5.32 Å². The molecule has 1 N–H and O–H groups in total. The minimum absolute atomic E-state index is 0.122. The van der Waals surface area contributed by atoms with E-state index in [1.807, 2.05) is 19.1 Å². The van der Waals surface area contributed by atoms with Crippen LogP contribution in [0, 0.1) is 18.8 Å². The van der Waals surface area contributed by atoms with Crippen LogP contribution in [0.5, 0.6) is 0 Å². The van der Waals surface area contributed by atoms with Gasteiger partial charge in [-0.3, -0.25) is 18.9 Å². The molecular weight excluding hydrogens is 452 g/mol. The van der Waals surface area contributed by atoms with E-state index in [-0.39, 0.29) is 11.5 Å². The monoisotopic (exact) mass is 486 g/mol. The number of carbonyl (C=O) groups is 1. The van der Waals surface area contributed by atoms with Crippen LogP contribution in [-0.2, 0) is 4.79 Å². The Hall–Kier alpha value is -2.19. The third-order valence-electron chi connectivity index (χ3n) is 5.82. The van der Waals surface area contributed by atoms with Gasteiger partial charge in [0.1, 0.15) is 15.8 Å². The highest BCUT2D eigenvalue weighted by Gasteiger charge is 2.33. The van der Waals surface area contributed by atoms with Crippen molar-refractivity contribution in [2.75, 3.05) is 18.4 Å². The largest absolute Gasteiger partial charge is 0.369 e. The smallest absolute Gasteiger partial charge is 0.267 e. The molecule has 8 heteroatoms. The molecule has 0 aromatic carbocycles. The van der Waals surface area contributed by atoms with Gasteiger partial charge in [0.05, 0.1) is 10.5 Å². The van der Waals surface area contributed by atoms with Crippen molar-refractivity contribution < 1.29 is 4.79 Å². The molecule has 1 fully saturated rings. The normalized spacial score (nSPS) is 16.4. The average Bonchev–Trinajstić information content (AvgIpc) is 3.04. The number of hydrogen-bond donors (Lipinski definition) is 1. The zero-order valence-electron chi connectivity index (χ0n) is 20.2. The second-order valence-corrected chi connectivity index (χ2v) is 10.8. The lowest BCUT2D eigenvalue weighted by atomic mass is 9.99. The molecule has 0 saturated carbocycles. The van der Waals surface area contributed by atoms with Gasteiger partial charge in [0.15, 0.2) is 0 Å². The van der Waals surface area contributed by atoms with Gasteiger partial charge in [0.2, 0.25) is 0 Å². The van der Waals surface area contributed by atoms with Crippen LogP contribution in [0.25, 0.3) is 11.7 Å². The van der Waals surface area contributed by atoms with Crippen molar-refractivity contribution in [1.82, 2.24) is 14.3 Å². The fourth-order valence-electron chi connectivity index (χ4n) is 3.79. The molecule has 0 bridgehead atoms. The van der Waals surface area contributed by atoms with Crippen molar-refractivity contribution >= 4 is 51.7 Å². The maximum absolute atomic E-state index is 13.4. The molecule has 2 aromatic heterocycles. The molecular formula is C25H34N4O2S2. The summed E-state index contributed by atoms with van der Waals surface area (Å²) in [4.78, 5) is 33.5. The number of aryl methyl sites for hydroxylation is 1. The Morgan fingerprint density at radius 2 is 2.00 bits per heavy atom. The van der Waals surface area contributed by atoms with Gasteiger partial charge in [0, 0.05) is 19.3 Å². The zero-order chi connectivity index (χ0) is 24.1. The quantitative estimate of drug-likeness (QED) is 0.354. The number of unbranched alkanes of at least 4 members (excludes halogenated alkanes) is 1. The Morgan fingerprint density at radius 3 is 2.67 bits per heavy atom. The third-order valence-corrected chi connectivity index (χ3v) is 7.19. The molecule has 1 aliphatic heterocycles. The molecule has 2 aromatic rings. The van der Waals surface area contributed by atoms with Crippen LogP contribution in [0.1, 0.15) is 64.5 Å². The fraction of sp³-hybridized carbons (Fsp3) is 0.520. The van der Waals surface area contributed by atoms with Gasteiger partial charge in [-0.1, -0.05) is 77.0 Å². The lowest BCUT2D eigenvalue weighted by Gasteiger charge is -2.21. The number of pyridine rings is 1. The highest BCUT2D eigenvalue weighted by Crippen LogP contribution is 2.34. The van der Waals surface area contributed by atoms with Crippen LogP contribution >= 0.6 is 24.0 Å². The predicted octanol–water partition coefficient (Wildman–Crippen LogP) is 5.49. The van der Waals surface area contributed by atoms with Crippen LogP contribution in [0.2, 0.25) is 0 Å². The van der Waals surface area contributed by atoms with Crippen molar-refractivity contribution in [2.24, 2.45) is 11.8 Å². The lowest BCUT2D eigenvalue weighted by molar-refractivity contribution is -0.122. The van der Waals surface area contributed by atoms with Gasteiger partial charge >= 0.3 is 0 Å². The fourth-order valence-corrected chi connectivity index (χ4v) is 5.05. The molecule has 0 aliphatic carbocycles. The molecule has 0 unspecified atom stereocenters. The first-order valence-corrected chi connectivity index (χ1v) is 13.0. The number of thiocarbonyl (C=S) groups is 1. The number of hydrogen-bond acceptors (Lipinski definition) is 6. The van der Waals surface area contributed by atoms with E-state index in [2.05, 4.69) is 38.0 Å². The van der Waals surface area contributed by atoms with Gasteiger partial charge in [-0.05, 0) is 42.9 Å². The standard InChI is InChI=1S/C25H34N4O2S2/c1-6-8-9-18(7-2)15-29-24(31)20(33-25(29)32)12-19-22(26-13-16(3)4)27-21-11-10-17(5)14-28(21)23(19)30/h10-12,14,16,18,26H,6-9,13,15H2,1-5H3/b20-12-/t18-/m1/s1. The van der Waals surface area contributed by atoms with E-state index in [1.165, 1.54) is 11.8 Å². The van der Waals surface area contributed by atoms with Gasteiger partial charge in [-0.2, -0.15) is 0 Å². The van der Waals surface area contributed by atoms with Gasteiger partial charge in [0.25, 0.3) is 11.5 Å². The maximum Gasteiger partial charge on any atom is 0.267 e. The number of aromatic nitrogens is 2. The van der Waals surface area contributed by atoms with E-state index in [4.69, 9.17) is 12.2 Å². The minimum atomic E-state index is -0.199. The highest BCUT2D eigenvalue weighted by molar-refractivity contribution is 8.26. The van der Waals surface area contributed by atoms with Crippen LogP contribution in [0.15, 0.2) is 28.0 Å². The SMILES string of the molecule is CCCC[C@@H](CC)CN1C(=O)/C(=C/c2c(NCC(C)C)nc3ccc(C)cn3c2=O)SC1=S. The number of nitrogens with zero attached hydrogens (tertiary/aromatic N) is 3. The Morgan fingerprint density at radius 1 is 1.24 bits per heavy atom. The summed E-state index contributed by atoms with van der Waals surface area (Å²) in [5.74, 6) is 1.18. The van der Waals surface area contributed by atoms with Crippen LogP contribution < -0.4 is 10.9 Å². The molecule has 1 aliphatic rings. The zero-order valence-corrected chi connectivity index (χ0v) is 21.8. The second-order valence-electron chi connectivity index (χ2n) is 9.10. The van der Waals surface area contributed by atoms with Crippen LogP contribution in [-0.4, -0.2) is 37.6 Å². The van der Waals surface area contributed by atoms with Crippen molar-refractivity contribution in [1.29, 1.82) is 0 Å². The number of anilines is 1. The molecule has 3 heterocycles. The van der Waals surface area contributed by atoms with Crippen molar-refractivity contribution in [3.05, 3.63) is 44.7 Å². The first-order valence-electron chi connectivity index (χ1n) is 11.8. The Bertz CT molecular complexity index is 1120. The number of fused-ring (bicyclic) bond motifs is 1. The first-order chi connectivity index (χ1) is 15.7.